The van der Waals surface area contributed by atoms with Crippen LogP contribution in [0.1, 0.15) is 32.6 Å². The normalized spacial score (nSPS) is 19.1. The molecule has 0 spiro atoms. The van der Waals surface area contributed by atoms with Crippen LogP contribution in [0.3, 0.4) is 0 Å². The van der Waals surface area contributed by atoms with Crippen molar-refractivity contribution in [2.75, 3.05) is 19.7 Å². The molecule has 1 aliphatic rings. The minimum atomic E-state index is -0.335. The summed E-state index contributed by atoms with van der Waals surface area (Å²) in [4.78, 5) is 12.9. The Morgan fingerprint density at radius 2 is 2.08 bits per heavy atom. The topological polar surface area (TPSA) is 40.5 Å². The van der Waals surface area contributed by atoms with Gasteiger partial charge in [-0.2, -0.15) is 0 Å². The van der Waals surface area contributed by atoms with Crippen molar-refractivity contribution in [3.05, 3.63) is 0 Å². The molecule has 3 heteroatoms. The molecule has 1 N–H and O–H groups in total. The number of aliphatic hydroxyl groups is 1. The predicted molar refractivity (Wildman–Crippen MR) is 51.3 cm³/mol. The summed E-state index contributed by atoms with van der Waals surface area (Å²) in [6.07, 6.45) is 4.74. The van der Waals surface area contributed by atoms with E-state index >= 15 is 0 Å². The first kappa shape index (κ1) is 10.5. The molecule has 13 heavy (non-hydrogen) atoms. The molecule has 3 nitrogen and oxygen atoms in total. The van der Waals surface area contributed by atoms with Crippen molar-refractivity contribution < 1.29 is 9.90 Å². The number of hydrogen-bond donors (Lipinski definition) is 1. The van der Waals surface area contributed by atoms with E-state index in [0.29, 0.717) is 0 Å². The average Bonchev–Trinajstić information content (AvgIpc) is 2.18. The first-order chi connectivity index (χ1) is 6.27. The third-order valence-corrected chi connectivity index (χ3v) is 2.80. The molecular formula is C10H19NO2. The number of rotatable bonds is 3. The van der Waals surface area contributed by atoms with Crippen LogP contribution in [0.25, 0.3) is 0 Å². The van der Waals surface area contributed by atoms with Gasteiger partial charge in [-0.15, -0.1) is 0 Å². The molecule has 0 saturated carbocycles. The first-order valence-corrected chi connectivity index (χ1v) is 5.16. The van der Waals surface area contributed by atoms with Gasteiger partial charge in [0.25, 0.3) is 0 Å². The van der Waals surface area contributed by atoms with Gasteiger partial charge in [0.05, 0.1) is 0 Å². The lowest BCUT2D eigenvalue weighted by atomic mass is 9.92. The molecule has 1 heterocycles. The maximum atomic E-state index is 11.1. The summed E-state index contributed by atoms with van der Waals surface area (Å²) in [6, 6.07) is 0. The van der Waals surface area contributed by atoms with Crippen LogP contribution in [0.2, 0.25) is 0 Å². The summed E-state index contributed by atoms with van der Waals surface area (Å²) >= 11 is 0. The molecular weight excluding hydrogens is 166 g/mol. The molecule has 0 aromatic rings. The van der Waals surface area contributed by atoms with Crippen LogP contribution in [-0.2, 0) is 4.79 Å². The fourth-order valence-electron chi connectivity index (χ4n) is 1.98. The molecule has 1 rings (SSSR count). The molecule has 76 valence electrons. The number of piperidine rings is 1. The highest BCUT2D eigenvalue weighted by molar-refractivity contribution is 5.77. The van der Waals surface area contributed by atoms with Gasteiger partial charge in [-0.05, 0) is 18.8 Å². The number of likely N-dealkylation sites (tertiary alicyclic amines) is 1. The molecule has 0 atom stereocenters. The van der Waals surface area contributed by atoms with Gasteiger partial charge < -0.3 is 10.0 Å². The van der Waals surface area contributed by atoms with E-state index in [4.69, 9.17) is 5.11 Å². The standard InChI is InChI=1S/C10H19NO2/c1-2-3-9-4-6-11(7-5-9)10(13)8-12/h9,12H,2-8H2,1H3. The lowest BCUT2D eigenvalue weighted by Crippen LogP contribution is -2.39. The Kier molecular flexibility index (Phi) is 4.22. The molecule has 0 aromatic heterocycles. The van der Waals surface area contributed by atoms with E-state index in [0.717, 1.165) is 31.8 Å². The smallest absolute Gasteiger partial charge is 0.248 e. The van der Waals surface area contributed by atoms with Crippen molar-refractivity contribution >= 4 is 5.91 Å². The van der Waals surface area contributed by atoms with Gasteiger partial charge in [-0.25, -0.2) is 0 Å². The molecule has 1 fully saturated rings. The van der Waals surface area contributed by atoms with Gasteiger partial charge in [0.2, 0.25) is 5.91 Å². The number of carbonyl (C=O) groups excluding carboxylic acids is 1. The Morgan fingerprint density at radius 3 is 2.54 bits per heavy atom. The lowest BCUT2D eigenvalue weighted by molar-refractivity contribution is -0.135. The van der Waals surface area contributed by atoms with E-state index in [1.807, 2.05) is 0 Å². The SMILES string of the molecule is CCCC1CCN(C(=O)CO)CC1. The van der Waals surface area contributed by atoms with E-state index in [2.05, 4.69) is 6.92 Å². The van der Waals surface area contributed by atoms with Crippen molar-refractivity contribution in [2.24, 2.45) is 5.92 Å². The van der Waals surface area contributed by atoms with Crippen LogP contribution >= 0.6 is 0 Å². The van der Waals surface area contributed by atoms with Gasteiger partial charge in [0, 0.05) is 13.1 Å². The fourth-order valence-corrected chi connectivity index (χ4v) is 1.98. The summed E-state index contributed by atoms with van der Waals surface area (Å²) in [5, 5.41) is 8.67. The molecule has 0 aliphatic carbocycles. The Balaban J connectivity index is 2.26. The highest BCUT2D eigenvalue weighted by atomic mass is 16.3. The van der Waals surface area contributed by atoms with E-state index in [1.165, 1.54) is 12.8 Å². The number of nitrogens with zero attached hydrogens (tertiary/aromatic N) is 1. The zero-order chi connectivity index (χ0) is 9.68. The highest BCUT2D eigenvalue weighted by Gasteiger charge is 2.21. The van der Waals surface area contributed by atoms with Crippen LogP contribution in [0.15, 0.2) is 0 Å². The van der Waals surface area contributed by atoms with Crippen LogP contribution in [0, 0.1) is 5.92 Å². The third kappa shape index (κ3) is 2.99. The van der Waals surface area contributed by atoms with Crippen LogP contribution in [0.4, 0.5) is 0 Å². The number of aliphatic hydroxyl groups excluding tert-OH is 1. The Morgan fingerprint density at radius 1 is 1.46 bits per heavy atom. The zero-order valence-electron chi connectivity index (χ0n) is 8.33. The molecule has 1 amide bonds. The molecule has 0 unspecified atom stereocenters. The van der Waals surface area contributed by atoms with Gasteiger partial charge >= 0.3 is 0 Å². The molecule has 0 radical (unpaired) electrons. The lowest BCUT2D eigenvalue weighted by Gasteiger charge is -2.31. The third-order valence-electron chi connectivity index (χ3n) is 2.80. The van der Waals surface area contributed by atoms with Crippen molar-refractivity contribution in [2.45, 2.75) is 32.6 Å². The van der Waals surface area contributed by atoms with E-state index in [9.17, 15) is 4.79 Å². The number of amides is 1. The Labute approximate surface area is 79.7 Å². The Bertz CT molecular complexity index is 162. The number of carbonyl (C=O) groups is 1. The first-order valence-electron chi connectivity index (χ1n) is 5.16. The Hall–Kier alpha value is -0.570. The predicted octanol–water partition coefficient (Wildman–Crippen LogP) is 1.02. The summed E-state index contributed by atoms with van der Waals surface area (Å²) in [7, 11) is 0. The second kappa shape index (κ2) is 5.22. The highest BCUT2D eigenvalue weighted by Crippen LogP contribution is 2.21. The van der Waals surface area contributed by atoms with Gasteiger partial charge in [0.15, 0.2) is 0 Å². The minimum Gasteiger partial charge on any atom is -0.387 e. The molecule has 0 aromatic carbocycles. The van der Waals surface area contributed by atoms with Crippen LogP contribution < -0.4 is 0 Å². The van der Waals surface area contributed by atoms with Crippen molar-refractivity contribution in [3.8, 4) is 0 Å². The van der Waals surface area contributed by atoms with Gasteiger partial charge in [-0.3, -0.25) is 4.79 Å². The quantitative estimate of drug-likeness (QED) is 0.713. The molecule has 1 aliphatic heterocycles. The zero-order valence-corrected chi connectivity index (χ0v) is 8.33. The van der Waals surface area contributed by atoms with Gasteiger partial charge in [0.1, 0.15) is 6.61 Å². The average molecular weight is 185 g/mol. The van der Waals surface area contributed by atoms with Crippen molar-refractivity contribution in [1.29, 1.82) is 0 Å². The van der Waals surface area contributed by atoms with E-state index in [-0.39, 0.29) is 12.5 Å². The number of hydrogen-bond acceptors (Lipinski definition) is 2. The summed E-state index contributed by atoms with van der Waals surface area (Å²) < 4.78 is 0. The minimum absolute atomic E-state index is 0.116. The summed E-state index contributed by atoms with van der Waals surface area (Å²) in [5.41, 5.74) is 0. The maximum absolute atomic E-state index is 11.1. The fraction of sp³-hybridized carbons (Fsp3) is 0.900. The van der Waals surface area contributed by atoms with Crippen molar-refractivity contribution in [3.63, 3.8) is 0 Å². The second-order valence-electron chi connectivity index (χ2n) is 3.77. The monoisotopic (exact) mass is 185 g/mol. The van der Waals surface area contributed by atoms with Gasteiger partial charge in [-0.1, -0.05) is 19.8 Å². The largest absolute Gasteiger partial charge is 0.387 e. The van der Waals surface area contributed by atoms with E-state index < -0.39 is 0 Å². The second-order valence-corrected chi connectivity index (χ2v) is 3.77. The molecule has 0 bridgehead atoms. The summed E-state index contributed by atoms with van der Waals surface area (Å²) in [5.74, 6) is 0.683. The van der Waals surface area contributed by atoms with E-state index in [1.54, 1.807) is 4.90 Å². The maximum Gasteiger partial charge on any atom is 0.248 e. The van der Waals surface area contributed by atoms with Crippen LogP contribution in [-0.4, -0.2) is 35.6 Å². The van der Waals surface area contributed by atoms with Crippen LogP contribution in [0.5, 0.6) is 0 Å². The summed E-state index contributed by atoms with van der Waals surface area (Å²) in [6.45, 7) is 3.54. The van der Waals surface area contributed by atoms with Crippen molar-refractivity contribution in [1.82, 2.24) is 4.90 Å². The molecule has 1 saturated heterocycles.